The molecule has 4 aromatic rings. The minimum Gasteiger partial charge on any atom is -0.468 e. The molecule has 2 N–H and O–H groups in total. The van der Waals surface area contributed by atoms with Crippen LogP contribution in [0.4, 0.5) is 4.39 Å². The minimum absolute atomic E-state index is 0.0138. The number of para-hydroxylation sites is 1. The van der Waals surface area contributed by atoms with Gasteiger partial charge in [-0.2, -0.15) is 0 Å². The Morgan fingerprint density at radius 1 is 1.11 bits per heavy atom. The number of aromatic amines is 1. The van der Waals surface area contributed by atoms with Crippen molar-refractivity contribution in [3.05, 3.63) is 93.6 Å². The Morgan fingerprint density at radius 3 is 2.69 bits per heavy atom. The zero-order chi connectivity index (χ0) is 23.9. The summed E-state index contributed by atoms with van der Waals surface area (Å²) in [5, 5.41) is 7.04. The maximum atomic E-state index is 13.8. The minimum atomic E-state index is -0.398. The van der Waals surface area contributed by atoms with Crippen molar-refractivity contribution in [3.63, 3.8) is 0 Å². The van der Waals surface area contributed by atoms with Gasteiger partial charge >= 0.3 is 5.97 Å². The fourth-order valence-electron chi connectivity index (χ4n) is 5.98. The average Bonchev–Trinajstić information content (AvgIpc) is 3.54. The zero-order valence-corrected chi connectivity index (χ0v) is 20.4. The Morgan fingerprint density at radius 2 is 1.91 bits per heavy atom. The number of carbonyl (C=O) groups excluding carboxylic acids is 1. The van der Waals surface area contributed by atoms with Crippen molar-refractivity contribution in [2.45, 2.75) is 50.0 Å². The summed E-state index contributed by atoms with van der Waals surface area (Å²) in [6.07, 6.45) is 2.29. The van der Waals surface area contributed by atoms with E-state index in [0.717, 1.165) is 30.5 Å². The van der Waals surface area contributed by atoms with E-state index in [2.05, 4.69) is 44.8 Å². The van der Waals surface area contributed by atoms with Gasteiger partial charge in [-0.1, -0.05) is 36.4 Å². The number of aromatic nitrogens is 1. The number of fused-ring (bicyclic) bond motifs is 5. The highest BCUT2D eigenvalue weighted by atomic mass is 32.1. The van der Waals surface area contributed by atoms with Gasteiger partial charge in [0.1, 0.15) is 11.9 Å². The number of piperidine rings is 1. The third-order valence-corrected chi connectivity index (χ3v) is 8.42. The van der Waals surface area contributed by atoms with Crippen molar-refractivity contribution in [3.8, 4) is 0 Å². The molecule has 6 rings (SSSR count). The number of esters is 1. The molecule has 0 unspecified atom stereocenters. The van der Waals surface area contributed by atoms with E-state index in [1.54, 1.807) is 11.3 Å². The summed E-state index contributed by atoms with van der Waals surface area (Å²) in [5.74, 6) is -0.474. The molecule has 2 aliphatic rings. The van der Waals surface area contributed by atoms with Crippen LogP contribution >= 0.6 is 11.3 Å². The first-order valence-corrected chi connectivity index (χ1v) is 13.0. The topological polar surface area (TPSA) is 57.4 Å². The van der Waals surface area contributed by atoms with Gasteiger partial charge in [-0.05, 0) is 53.6 Å². The van der Waals surface area contributed by atoms with Gasteiger partial charge in [0.15, 0.2) is 0 Å². The van der Waals surface area contributed by atoms with E-state index in [-0.39, 0.29) is 29.9 Å². The predicted octanol–water partition coefficient (Wildman–Crippen LogP) is 5.50. The number of hydrogen-bond donors (Lipinski definition) is 2. The van der Waals surface area contributed by atoms with Crippen LogP contribution in [0.1, 0.15) is 46.6 Å². The Hall–Kier alpha value is -3.00. The summed E-state index contributed by atoms with van der Waals surface area (Å²) in [4.78, 5) is 20.4. The van der Waals surface area contributed by atoms with Crippen molar-refractivity contribution in [1.82, 2.24) is 15.2 Å². The molecule has 180 valence electrons. The molecule has 1 fully saturated rings. The van der Waals surface area contributed by atoms with E-state index >= 15 is 0 Å². The van der Waals surface area contributed by atoms with Crippen LogP contribution in [0, 0.1) is 5.82 Å². The number of hydrogen-bond acceptors (Lipinski definition) is 5. The van der Waals surface area contributed by atoms with Gasteiger partial charge in [-0.3, -0.25) is 9.69 Å². The van der Waals surface area contributed by atoms with Crippen LogP contribution in [0.5, 0.6) is 0 Å². The second kappa shape index (κ2) is 9.22. The summed E-state index contributed by atoms with van der Waals surface area (Å²) < 4.78 is 19.1. The van der Waals surface area contributed by atoms with Crippen molar-refractivity contribution in [1.29, 1.82) is 0 Å². The van der Waals surface area contributed by atoms with Crippen molar-refractivity contribution in [2.24, 2.45) is 0 Å². The molecule has 0 aliphatic carbocycles. The Kier molecular flexibility index (Phi) is 5.92. The molecule has 5 nitrogen and oxygen atoms in total. The quantitative estimate of drug-likeness (QED) is 0.364. The number of rotatable bonds is 5. The third-order valence-electron chi connectivity index (χ3n) is 7.55. The number of benzene rings is 2. The van der Waals surface area contributed by atoms with E-state index in [0.29, 0.717) is 6.42 Å². The Labute approximate surface area is 207 Å². The van der Waals surface area contributed by atoms with E-state index in [9.17, 15) is 9.18 Å². The van der Waals surface area contributed by atoms with Gasteiger partial charge in [0.2, 0.25) is 0 Å². The highest BCUT2D eigenvalue weighted by Crippen LogP contribution is 2.48. The first kappa shape index (κ1) is 22.5. The van der Waals surface area contributed by atoms with E-state index in [1.165, 1.54) is 40.8 Å². The second-order valence-corrected chi connectivity index (χ2v) is 10.5. The Bertz CT molecular complexity index is 1330. The summed E-state index contributed by atoms with van der Waals surface area (Å²) in [7, 11) is 1.46. The second-order valence-electron chi connectivity index (χ2n) is 9.46. The zero-order valence-electron chi connectivity index (χ0n) is 19.5. The van der Waals surface area contributed by atoms with Crippen LogP contribution in [-0.2, 0) is 22.5 Å². The molecule has 0 bridgehead atoms. The van der Waals surface area contributed by atoms with Crippen LogP contribution in [-0.4, -0.2) is 35.0 Å². The maximum Gasteiger partial charge on any atom is 0.323 e. The lowest BCUT2D eigenvalue weighted by atomic mass is 9.79. The number of carbonyl (C=O) groups is 1. The molecule has 0 radical (unpaired) electrons. The summed E-state index contributed by atoms with van der Waals surface area (Å²) in [6, 6.07) is 19.1. The number of nitrogens with one attached hydrogen (secondary N) is 2. The molecule has 0 amide bonds. The van der Waals surface area contributed by atoms with Crippen LogP contribution in [0.15, 0.2) is 66.0 Å². The van der Waals surface area contributed by atoms with Gasteiger partial charge in [0.05, 0.1) is 13.2 Å². The summed E-state index contributed by atoms with van der Waals surface area (Å²) in [6.45, 7) is 0.811. The lowest BCUT2D eigenvalue weighted by Crippen LogP contribution is -2.55. The first-order chi connectivity index (χ1) is 17.1. The number of thiophene rings is 1. The van der Waals surface area contributed by atoms with Crippen LogP contribution in [0.25, 0.3) is 10.9 Å². The maximum absolute atomic E-state index is 13.8. The Balaban J connectivity index is 1.44. The number of methoxy groups -OCH3 is 1. The molecule has 7 heteroatoms. The molecular formula is C28H28FN3O2S. The lowest BCUT2D eigenvalue weighted by molar-refractivity contribution is -0.152. The molecule has 4 heterocycles. The number of H-pyrrole nitrogens is 1. The highest BCUT2D eigenvalue weighted by molar-refractivity contribution is 7.09. The van der Waals surface area contributed by atoms with Crippen molar-refractivity contribution >= 4 is 28.2 Å². The number of halogens is 1. The largest absolute Gasteiger partial charge is 0.468 e. The molecular weight excluding hydrogens is 461 g/mol. The van der Waals surface area contributed by atoms with Gasteiger partial charge in [-0.25, -0.2) is 4.39 Å². The molecule has 2 aromatic carbocycles. The smallest absolute Gasteiger partial charge is 0.323 e. The van der Waals surface area contributed by atoms with Crippen molar-refractivity contribution < 1.29 is 13.9 Å². The molecule has 0 spiro atoms. The molecule has 35 heavy (non-hydrogen) atoms. The molecule has 2 aromatic heterocycles. The van der Waals surface area contributed by atoms with Crippen LogP contribution in [0.2, 0.25) is 0 Å². The normalized spacial score (nSPS) is 24.2. The fourth-order valence-corrected chi connectivity index (χ4v) is 6.64. The highest BCUT2D eigenvalue weighted by Gasteiger charge is 2.48. The van der Waals surface area contributed by atoms with Crippen molar-refractivity contribution in [2.75, 3.05) is 7.11 Å². The lowest BCUT2D eigenvalue weighted by Gasteiger charge is -2.50. The van der Waals surface area contributed by atoms with E-state index in [4.69, 9.17) is 4.74 Å². The molecule has 2 aliphatic heterocycles. The van der Waals surface area contributed by atoms with Gasteiger partial charge < -0.3 is 15.0 Å². The summed E-state index contributed by atoms with van der Waals surface area (Å²) in [5.41, 5.74) is 4.50. The predicted molar refractivity (Wildman–Crippen MR) is 136 cm³/mol. The summed E-state index contributed by atoms with van der Waals surface area (Å²) >= 11 is 1.75. The molecule has 1 saturated heterocycles. The van der Waals surface area contributed by atoms with Gasteiger partial charge in [0, 0.05) is 46.5 Å². The van der Waals surface area contributed by atoms with E-state index < -0.39 is 6.04 Å². The standard InChI is InChI=1S/C28H28FN3O2S/c1-34-28(33)26-15-22-21-6-2-3-7-23(21)31-27(22)25-14-19(30-16-20-5-4-12-35-20)13-24(32(25)26)17-8-10-18(29)11-9-17/h2-12,19,24-26,30-31H,13-16H2,1H3/t19-,24+,25-,26+/m1/s1. The van der Waals surface area contributed by atoms with Gasteiger partial charge in [-0.15, -0.1) is 11.3 Å². The first-order valence-electron chi connectivity index (χ1n) is 12.1. The fraction of sp³-hybridized carbons (Fsp3) is 0.321. The molecule has 0 saturated carbocycles. The SMILES string of the molecule is COC(=O)[C@@H]1Cc2c([nH]c3ccccc23)[C@H]2C[C@H](NCc3cccs3)C[C@@H](c3ccc(F)cc3)N21. The van der Waals surface area contributed by atoms with Crippen LogP contribution in [0.3, 0.4) is 0 Å². The number of nitrogens with zero attached hydrogens (tertiary/aromatic N) is 1. The number of ether oxygens (including phenoxy) is 1. The monoisotopic (exact) mass is 489 g/mol. The third kappa shape index (κ3) is 4.07. The molecule has 4 atom stereocenters. The van der Waals surface area contributed by atoms with Gasteiger partial charge in [0.25, 0.3) is 0 Å². The van der Waals surface area contributed by atoms with Crippen LogP contribution < -0.4 is 5.32 Å². The average molecular weight is 490 g/mol. The van der Waals surface area contributed by atoms with E-state index in [1.807, 2.05) is 24.3 Å².